The van der Waals surface area contributed by atoms with Crippen molar-refractivity contribution in [2.24, 2.45) is 0 Å². The van der Waals surface area contributed by atoms with Crippen LogP contribution in [0, 0.1) is 0 Å². The van der Waals surface area contributed by atoms with Gasteiger partial charge in [-0.2, -0.15) is 0 Å². The minimum atomic E-state index is -0.466. The van der Waals surface area contributed by atoms with E-state index in [1.54, 1.807) is 0 Å². The van der Waals surface area contributed by atoms with E-state index in [1.807, 2.05) is 0 Å². The summed E-state index contributed by atoms with van der Waals surface area (Å²) in [5, 5.41) is 0. The van der Waals surface area contributed by atoms with Crippen molar-refractivity contribution < 1.29 is 0 Å². The quantitative estimate of drug-likeness (QED) is 0.156. The smallest absolute Gasteiger partial charge is 0.0714 e. The summed E-state index contributed by atoms with van der Waals surface area (Å²) < 4.78 is 0. The Morgan fingerprint density at radius 2 is 0.881 bits per heavy atom. The van der Waals surface area contributed by atoms with Crippen molar-refractivity contribution in [2.75, 3.05) is 4.90 Å². The van der Waals surface area contributed by atoms with Crippen LogP contribution in [-0.4, -0.2) is 0 Å². The molecule has 0 aliphatic heterocycles. The molecule has 59 heavy (non-hydrogen) atoms. The standard InChI is InChI=1S/C58H55N/c1-57(2)53-27-14-12-25-49(53)51-35-33-47(38-55(51)57)59(46-31-29-42(30-32-46)40-17-6-3-7-18-40)48-34-36-52-50-26-13-15-28-54(50)58(56(52)39-48,44-22-10-5-11-23-44)45-24-16-21-43(37-45)41-19-8-4-9-20-41/h5,10-16,21-41H,3-4,6-9,17-20H2,1-2H3. The number of anilines is 3. The van der Waals surface area contributed by atoms with E-state index < -0.39 is 5.41 Å². The molecule has 292 valence electrons. The van der Waals surface area contributed by atoms with E-state index in [1.165, 1.54) is 148 Å². The van der Waals surface area contributed by atoms with Gasteiger partial charge < -0.3 is 4.90 Å². The lowest BCUT2D eigenvalue weighted by Gasteiger charge is -2.36. The topological polar surface area (TPSA) is 3.24 Å². The number of rotatable bonds is 7. The SMILES string of the molecule is CC1(C)c2ccccc2-c2ccc(N(c3ccc(C4CCCCC4)cc3)c3ccc4c(c3)C(c3ccccc3)(c3cccc(C5CCCCC5)c3)c3ccccc3-4)cc21. The van der Waals surface area contributed by atoms with Crippen molar-refractivity contribution in [3.8, 4) is 22.3 Å². The van der Waals surface area contributed by atoms with E-state index >= 15 is 0 Å². The first-order chi connectivity index (χ1) is 29.0. The Morgan fingerprint density at radius 3 is 1.56 bits per heavy atom. The average Bonchev–Trinajstić information content (AvgIpc) is 3.73. The molecule has 11 rings (SSSR count). The fourth-order valence-corrected chi connectivity index (χ4v) is 12.0. The van der Waals surface area contributed by atoms with Crippen LogP contribution >= 0.6 is 0 Å². The summed E-state index contributed by atoms with van der Waals surface area (Å²) in [5.41, 5.74) is 19.7. The van der Waals surface area contributed by atoms with Crippen molar-refractivity contribution in [2.45, 2.75) is 101 Å². The summed E-state index contributed by atoms with van der Waals surface area (Å²) in [4.78, 5) is 2.54. The van der Waals surface area contributed by atoms with Gasteiger partial charge in [0, 0.05) is 22.5 Å². The lowest BCUT2D eigenvalue weighted by atomic mass is 9.67. The highest BCUT2D eigenvalue weighted by Gasteiger charge is 2.47. The fraction of sp³-hybridized carbons (Fsp3) is 0.276. The summed E-state index contributed by atoms with van der Waals surface area (Å²) >= 11 is 0. The van der Waals surface area contributed by atoms with Gasteiger partial charge in [-0.25, -0.2) is 0 Å². The third-order valence-corrected chi connectivity index (χ3v) is 14.9. The molecule has 4 aliphatic rings. The Balaban J connectivity index is 1.12. The Morgan fingerprint density at radius 1 is 0.373 bits per heavy atom. The zero-order chi connectivity index (χ0) is 39.6. The number of fused-ring (bicyclic) bond motifs is 6. The average molecular weight is 766 g/mol. The minimum absolute atomic E-state index is 0.0934. The summed E-state index contributed by atoms with van der Waals surface area (Å²) in [5.74, 6) is 1.29. The molecule has 4 aliphatic carbocycles. The van der Waals surface area contributed by atoms with Crippen molar-refractivity contribution in [3.05, 3.63) is 208 Å². The Labute approximate surface area is 351 Å². The number of benzene rings is 7. The number of nitrogens with zero attached hydrogens (tertiary/aromatic N) is 1. The molecular weight excluding hydrogens is 711 g/mol. The van der Waals surface area contributed by atoms with Crippen LogP contribution in [0.15, 0.2) is 164 Å². The highest BCUT2D eigenvalue weighted by Crippen LogP contribution is 2.58. The van der Waals surface area contributed by atoms with Gasteiger partial charge in [0.1, 0.15) is 0 Å². The molecule has 7 aromatic carbocycles. The first-order valence-electron chi connectivity index (χ1n) is 22.6. The second kappa shape index (κ2) is 14.6. The van der Waals surface area contributed by atoms with E-state index in [0.717, 1.165) is 0 Å². The molecular formula is C58H55N. The molecule has 0 aromatic heterocycles. The lowest BCUT2D eigenvalue weighted by Crippen LogP contribution is -2.29. The third-order valence-electron chi connectivity index (χ3n) is 14.9. The molecule has 2 fully saturated rings. The van der Waals surface area contributed by atoms with Crippen molar-refractivity contribution in [3.63, 3.8) is 0 Å². The van der Waals surface area contributed by atoms with Crippen LogP contribution in [0.2, 0.25) is 0 Å². The molecule has 0 heterocycles. The van der Waals surface area contributed by atoms with Crippen LogP contribution in [0.4, 0.5) is 17.1 Å². The molecule has 1 atom stereocenters. The second-order valence-corrected chi connectivity index (χ2v) is 18.5. The van der Waals surface area contributed by atoms with Crippen LogP contribution in [0.1, 0.15) is 134 Å². The summed E-state index contributed by atoms with van der Waals surface area (Å²) in [7, 11) is 0. The zero-order valence-electron chi connectivity index (χ0n) is 34.8. The molecule has 0 amide bonds. The minimum Gasteiger partial charge on any atom is -0.310 e. The largest absolute Gasteiger partial charge is 0.310 e. The van der Waals surface area contributed by atoms with Gasteiger partial charge in [0.25, 0.3) is 0 Å². The highest BCUT2D eigenvalue weighted by molar-refractivity contribution is 5.90. The molecule has 0 saturated heterocycles. The molecule has 0 spiro atoms. The first kappa shape index (κ1) is 36.4. The van der Waals surface area contributed by atoms with Gasteiger partial charge in [0.05, 0.1) is 5.41 Å². The molecule has 1 heteroatoms. The molecule has 1 nitrogen and oxygen atoms in total. The maximum absolute atomic E-state index is 2.59. The van der Waals surface area contributed by atoms with E-state index in [9.17, 15) is 0 Å². The normalized spacial score (nSPS) is 19.4. The highest BCUT2D eigenvalue weighted by atomic mass is 15.1. The van der Waals surface area contributed by atoms with Gasteiger partial charge in [-0.3, -0.25) is 0 Å². The lowest BCUT2D eigenvalue weighted by molar-refractivity contribution is 0.443. The fourth-order valence-electron chi connectivity index (χ4n) is 12.0. The maximum atomic E-state index is 2.59. The second-order valence-electron chi connectivity index (χ2n) is 18.5. The van der Waals surface area contributed by atoms with Crippen molar-refractivity contribution in [1.82, 2.24) is 0 Å². The number of hydrogen-bond acceptors (Lipinski definition) is 1. The van der Waals surface area contributed by atoms with Gasteiger partial charge in [-0.1, -0.05) is 180 Å². The van der Waals surface area contributed by atoms with Gasteiger partial charge in [-0.15, -0.1) is 0 Å². The summed E-state index contributed by atoms with van der Waals surface area (Å²) in [6, 6.07) is 63.6. The summed E-state index contributed by atoms with van der Waals surface area (Å²) in [6.45, 7) is 4.79. The predicted molar refractivity (Wildman–Crippen MR) is 248 cm³/mol. The third kappa shape index (κ3) is 5.87. The van der Waals surface area contributed by atoms with Crippen LogP contribution in [0.5, 0.6) is 0 Å². The summed E-state index contributed by atoms with van der Waals surface area (Å²) in [6.07, 6.45) is 13.3. The van der Waals surface area contributed by atoms with Gasteiger partial charge in [0.15, 0.2) is 0 Å². The molecule has 0 N–H and O–H groups in total. The van der Waals surface area contributed by atoms with E-state index in [2.05, 4.69) is 183 Å². The molecule has 2 saturated carbocycles. The first-order valence-corrected chi connectivity index (χ1v) is 22.6. The zero-order valence-corrected chi connectivity index (χ0v) is 34.8. The van der Waals surface area contributed by atoms with E-state index in [-0.39, 0.29) is 5.41 Å². The Hall–Kier alpha value is -5.66. The van der Waals surface area contributed by atoms with Gasteiger partial charge >= 0.3 is 0 Å². The predicted octanol–water partition coefficient (Wildman–Crippen LogP) is 15.9. The van der Waals surface area contributed by atoms with Crippen molar-refractivity contribution >= 4 is 17.1 Å². The molecule has 1 unspecified atom stereocenters. The van der Waals surface area contributed by atoms with Crippen LogP contribution in [-0.2, 0) is 10.8 Å². The maximum Gasteiger partial charge on any atom is 0.0714 e. The van der Waals surface area contributed by atoms with E-state index in [4.69, 9.17) is 0 Å². The van der Waals surface area contributed by atoms with Gasteiger partial charge in [0.2, 0.25) is 0 Å². The van der Waals surface area contributed by atoms with Crippen molar-refractivity contribution in [1.29, 1.82) is 0 Å². The Bertz CT molecular complexity index is 2650. The molecule has 0 radical (unpaired) electrons. The van der Waals surface area contributed by atoms with E-state index in [0.29, 0.717) is 11.8 Å². The van der Waals surface area contributed by atoms with Gasteiger partial charge in [-0.05, 0) is 141 Å². The molecule has 7 aromatic rings. The monoisotopic (exact) mass is 765 g/mol. The van der Waals surface area contributed by atoms with Crippen LogP contribution in [0.3, 0.4) is 0 Å². The van der Waals surface area contributed by atoms with Crippen LogP contribution < -0.4 is 4.90 Å². The Kier molecular flexibility index (Phi) is 8.99. The molecule has 0 bridgehead atoms. The van der Waals surface area contributed by atoms with Crippen LogP contribution in [0.25, 0.3) is 22.3 Å². The number of hydrogen-bond donors (Lipinski definition) is 0.